The van der Waals surface area contributed by atoms with E-state index in [2.05, 4.69) is 21.2 Å². The average Bonchev–Trinajstić information content (AvgIpc) is 2.72. The quantitative estimate of drug-likeness (QED) is 0.561. The van der Waals surface area contributed by atoms with Crippen LogP contribution >= 0.6 is 15.9 Å². The van der Waals surface area contributed by atoms with Gasteiger partial charge in [-0.05, 0) is 59.2 Å². The number of nitrogens with one attached hydrogen (secondary N) is 1. The molecule has 0 saturated heterocycles. The smallest absolute Gasteiger partial charge is 0.257 e. The van der Waals surface area contributed by atoms with Crippen LogP contribution in [0.25, 0.3) is 10.8 Å². The van der Waals surface area contributed by atoms with Crippen molar-refractivity contribution in [1.82, 2.24) is 5.32 Å². The summed E-state index contributed by atoms with van der Waals surface area (Å²) in [5, 5.41) is 5.05. The van der Waals surface area contributed by atoms with Crippen molar-refractivity contribution < 1.29 is 19.0 Å². The molecule has 146 valence electrons. The fourth-order valence-electron chi connectivity index (χ4n) is 2.87. The Morgan fingerprint density at radius 2 is 1.68 bits per heavy atom. The van der Waals surface area contributed by atoms with Gasteiger partial charge in [-0.3, -0.25) is 4.79 Å². The van der Waals surface area contributed by atoms with Crippen LogP contribution in [-0.2, 0) is 11.2 Å². The SMILES string of the molecule is COc1ccc(CCNC(=O)COc2ccc3cc(Br)ccc3c2)cc1OC. The first-order chi connectivity index (χ1) is 13.6. The monoisotopic (exact) mass is 443 g/mol. The topological polar surface area (TPSA) is 56.8 Å². The number of benzene rings is 3. The highest BCUT2D eigenvalue weighted by molar-refractivity contribution is 9.10. The van der Waals surface area contributed by atoms with Crippen molar-refractivity contribution in [3.8, 4) is 17.2 Å². The standard InChI is InChI=1S/C22H22BrNO4/c1-26-20-8-3-15(11-21(20)27-2)9-10-24-22(25)14-28-19-7-5-16-12-18(23)6-4-17(16)13-19/h3-8,11-13H,9-10,14H2,1-2H3,(H,24,25). The van der Waals surface area contributed by atoms with E-state index in [-0.39, 0.29) is 12.5 Å². The largest absolute Gasteiger partial charge is 0.493 e. The van der Waals surface area contributed by atoms with Gasteiger partial charge in [0, 0.05) is 11.0 Å². The summed E-state index contributed by atoms with van der Waals surface area (Å²) in [5.74, 6) is 1.88. The van der Waals surface area contributed by atoms with Crippen LogP contribution in [0.3, 0.4) is 0 Å². The molecule has 0 saturated carbocycles. The molecule has 0 aliphatic heterocycles. The number of hydrogen-bond acceptors (Lipinski definition) is 4. The number of hydrogen-bond donors (Lipinski definition) is 1. The van der Waals surface area contributed by atoms with Crippen molar-refractivity contribution in [1.29, 1.82) is 0 Å². The summed E-state index contributed by atoms with van der Waals surface area (Å²) >= 11 is 3.46. The Bertz CT molecular complexity index is 974. The molecule has 3 aromatic rings. The first kappa shape index (κ1) is 20.0. The van der Waals surface area contributed by atoms with Crippen LogP contribution in [0, 0.1) is 0 Å². The number of fused-ring (bicyclic) bond motifs is 1. The van der Waals surface area contributed by atoms with Gasteiger partial charge in [-0.2, -0.15) is 0 Å². The minimum absolute atomic E-state index is 0.0199. The van der Waals surface area contributed by atoms with E-state index in [0.29, 0.717) is 30.2 Å². The molecule has 0 aliphatic rings. The molecule has 5 nitrogen and oxygen atoms in total. The van der Waals surface area contributed by atoms with Crippen LogP contribution in [-0.4, -0.2) is 33.3 Å². The number of halogens is 1. The number of methoxy groups -OCH3 is 2. The van der Waals surface area contributed by atoms with Crippen LogP contribution in [0.4, 0.5) is 0 Å². The molecular formula is C22H22BrNO4. The molecule has 3 aromatic carbocycles. The molecule has 0 bridgehead atoms. The van der Waals surface area contributed by atoms with Crippen LogP contribution < -0.4 is 19.5 Å². The predicted octanol–water partition coefficient (Wildman–Crippen LogP) is 4.36. The number of carbonyl (C=O) groups excluding carboxylic acids is 1. The summed E-state index contributed by atoms with van der Waals surface area (Å²) < 4.78 is 17.2. The number of amides is 1. The number of rotatable bonds is 8. The fourth-order valence-corrected chi connectivity index (χ4v) is 3.25. The lowest BCUT2D eigenvalue weighted by Gasteiger charge is -2.11. The van der Waals surface area contributed by atoms with E-state index in [9.17, 15) is 4.79 Å². The molecular weight excluding hydrogens is 422 g/mol. The molecule has 1 amide bonds. The number of carbonyl (C=O) groups is 1. The summed E-state index contributed by atoms with van der Waals surface area (Å²) in [7, 11) is 3.21. The summed E-state index contributed by atoms with van der Waals surface area (Å²) in [6.45, 7) is 0.497. The lowest BCUT2D eigenvalue weighted by atomic mass is 10.1. The lowest BCUT2D eigenvalue weighted by Crippen LogP contribution is -2.30. The zero-order valence-corrected chi connectivity index (χ0v) is 17.4. The van der Waals surface area contributed by atoms with Crippen molar-refractivity contribution in [2.24, 2.45) is 0 Å². The molecule has 0 atom stereocenters. The summed E-state index contributed by atoms with van der Waals surface area (Å²) in [4.78, 5) is 12.1. The third-order valence-corrected chi connectivity index (χ3v) is 4.82. The first-order valence-electron chi connectivity index (χ1n) is 8.89. The molecule has 0 aliphatic carbocycles. The second kappa shape index (κ2) is 9.46. The maximum Gasteiger partial charge on any atom is 0.257 e. The lowest BCUT2D eigenvalue weighted by molar-refractivity contribution is -0.123. The van der Waals surface area contributed by atoms with Crippen LogP contribution in [0.15, 0.2) is 59.1 Å². The highest BCUT2D eigenvalue weighted by Crippen LogP contribution is 2.27. The van der Waals surface area contributed by atoms with E-state index >= 15 is 0 Å². The van der Waals surface area contributed by atoms with Gasteiger partial charge in [0.15, 0.2) is 18.1 Å². The van der Waals surface area contributed by atoms with Gasteiger partial charge in [-0.25, -0.2) is 0 Å². The van der Waals surface area contributed by atoms with Crippen molar-refractivity contribution in [2.75, 3.05) is 27.4 Å². The zero-order valence-electron chi connectivity index (χ0n) is 15.8. The van der Waals surface area contributed by atoms with E-state index in [1.54, 1.807) is 14.2 Å². The van der Waals surface area contributed by atoms with Crippen molar-refractivity contribution in [3.05, 3.63) is 64.6 Å². The predicted molar refractivity (Wildman–Crippen MR) is 113 cm³/mol. The second-order valence-electron chi connectivity index (χ2n) is 6.23. The van der Waals surface area contributed by atoms with Gasteiger partial charge >= 0.3 is 0 Å². The molecule has 0 aromatic heterocycles. The Morgan fingerprint density at radius 3 is 2.46 bits per heavy atom. The summed E-state index contributed by atoms with van der Waals surface area (Å²) in [6, 6.07) is 17.5. The third-order valence-electron chi connectivity index (χ3n) is 4.33. The van der Waals surface area contributed by atoms with E-state index < -0.39 is 0 Å². The molecule has 28 heavy (non-hydrogen) atoms. The van der Waals surface area contributed by atoms with Crippen LogP contribution in [0.1, 0.15) is 5.56 Å². The van der Waals surface area contributed by atoms with Gasteiger partial charge in [0.05, 0.1) is 14.2 Å². The molecule has 0 radical (unpaired) electrons. The van der Waals surface area contributed by atoms with Gasteiger partial charge < -0.3 is 19.5 Å². The van der Waals surface area contributed by atoms with Gasteiger partial charge in [-0.1, -0.05) is 34.1 Å². The normalized spacial score (nSPS) is 10.5. The molecule has 0 unspecified atom stereocenters. The Labute approximate surface area is 172 Å². The third kappa shape index (κ3) is 5.16. The maximum atomic E-state index is 12.1. The van der Waals surface area contributed by atoms with Crippen LogP contribution in [0.5, 0.6) is 17.2 Å². The fraction of sp³-hybridized carbons (Fsp3) is 0.227. The highest BCUT2D eigenvalue weighted by atomic mass is 79.9. The average molecular weight is 444 g/mol. The minimum atomic E-state index is -0.156. The van der Waals surface area contributed by atoms with Gasteiger partial charge in [0.25, 0.3) is 5.91 Å². The minimum Gasteiger partial charge on any atom is -0.493 e. The molecule has 0 heterocycles. The second-order valence-corrected chi connectivity index (χ2v) is 7.15. The highest BCUT2D eigenvalue weighted by Gasteiger charge is 2.06. The van der Waals surface area contributed by atoms with Gasteiger partial charge in [0.2, 0.25) is 0 Å². The van der Waals surface area contributed by atoms with Gasteiger partial charge in [-0.15, -0.1) is 0 Å². The van der Waals surface area contributed by atoms with E-state index in [1.807, 2.05) is 54.6 Å². The Kier molecular flexibility index (Phi) is 6.76. The first-order valence-corrected chi connectivity index (χ1v) is 9.68. The molecule has 6 heteroatoms. The number of ether oxygens (including phenoxy) is 3. The molecule has 0 spiro atoms. The Balaban J connectivity index is 1.48. The van der Waals surface area contributed by atoms with E-state index in [4.69, 9.17) is 14.2 Å². The van der Waals surface area contributed by atoms with E-state index in [0.717, 1.165) is 20.8 Å². The zero-order chi connectivity index (χ0) is 19.9. The van der Waals surface area contributed by atoms with Crippen molar-refractivity contribution in [3.63, 3.8) is 0 Å². The molecule has 3 rings (SSSR count). The Hall–Kier alpha value is -2.73. The van der Waals surface area contributed by atoms with Gasteiger partial charge in [0.1, 0.15) is 5.75 Å². The summed E-state index contributed by atoms with van der Waals surface area (Å²) in [5.41, 5.74) is 1.06. The molecule has 1 N–H and O–H groups in total. The maximum absolute atomic E-state index is 12.1. The van der Waals surface area contributed by atoms with Crippen LogP contribution in [0.2, 0.25) is 0 Å². The van der Waals surface area contributed by atoms with E-state index in [1.165, 1.54) is 0 Å². The van der Waals surface area contributed by atoms with Crippen molar-refractivity contribution >= 4 is 32.6 Å². The summed E-state index contributed by atoms with van der Waals surface area (Å²) in [6.07, 6.45) is 0.691. The Morgan fingerprint density at radius 1 is 0.929 bits per heavy atom. The molecule has 0 fully saturated rings. The van der Waals surface area contributed by atoms with Crippen molar-refractivity contribution in [2.45, 2.75) is 6.42 Å².